The third-order valence-corrected chi connectivity index (χ3v) is 3.63. The summed E-state index contributed by atoms with van der Waals surface area (Å²) < 4.78 is 5.45. The normalized spacial score (nSPS) is 22.0. The number of likely N-dealkylation sites (N-methyl/N-ethyl adjacent to an activating group) is 1. The molecule has 0 radical (unpaired) electrons. The van der Waals surface area contributed by atoms with Gasteiger partial charge in [0.15, 0.2) is 6.10 Å². The van der Waals surface area contributed by atoms with Gasteiger partial charge in [-0.1, -0.05) is 29.8 Å². The van der Waals surface area contributed by atoms with E-state index in [0.29, 0.717) is 11.6 Å². The van der Waals surface area contributed by atoms with Crippen molar-refractivity contribution >= 4 is 23.4 Å². The lowest BCUT2D eigenvalue weighted by atomic mass is 9.97. The molecule has 1 saturated heterocycles. The predicted molar refractivity (Wildman–Crippen MR) is 79.9 cm³/mol. The molecule has 1 aliphatic rings. The molecular formula is C15H17ClN2O3. The maximum Gasteiger partial charge on any atom is 0.251 e. The van der Waals surface area contributed by atoms with E-state index >= 15 is 0 Å². The van der Waals surface area contributed by atoms with Gasteiger partial charge in [-0.3, -0.25) is 9.59 Å². The van der Waals surface area contributed by atoms with Gasteiger partial charge in [-0.2, -0.15) is 0 Å². The summed E-state index contributed by atoms with van der Waals surface area (Å²) in [6, 6.07) is 6.55. The molecule has 0 aromatic heterocycles. The molecule has 1 aromatic carbocycles. The topological polar surface area (TPSA) is 58.6 Å². The highest BCUT2D eigenvalue weighted by Crippen LogP contribution is 2.29. The first-order chi connectivity index (χ1) is 10.0. The first kappa shape index (κ1) is 15.5. The van der Waals surface area contributed by atoms with E-state index in [9.17, 15) is 9.59 Å². The average molecular weight is 309 g/mol. The van der Waals surface area contributed by atoms with Gasteiger partial charge in [0.1, 0.15) is 6.61 Å². The van der Waals surface area contributed by atoms with Gasteiger partial charge in [0.05, 0.1) is 6.04 Å². The molecule has 2 rings (SSSR count). The van der Waals surface area contributed by atoms with Gasteiger partial charge in [0, 0.05) is 18.6 Å². The van der Waals surface area contributed by atoms with Crippen molar-refractivity contribution in [1.82, 2.24) is 10.2 Å². The van der Waals surface area contributed by atoms with E-state index < -0.39 is 12.1 Å². The number of nitrogens with one attached hydrogen (secondary N) is 1. The van der Waals surface area contributed by atoms with Gasteiger partial charge in [0.2, 0.25) is 5.91 Å². The Morgan fingerprint density at radius 2 is 2.19 bits per heavy atom. The van der Waals surface area contributed by atoms with Crippen LogP contribution in [0, 0.1) is 0 Å². The zero-order valence-corrected chi connectivity index (χ0v) is 12.5. The fourth-order valence-corrected chi connectivity index (χ4v) is 2.39. The molecule has 1 fully saturated rings. The summed E-state index contributed by atoms with van der Waals surface area (Å²) in [5, 5.41) is 3.30. The van der Waals surface area contributed by atoms with E-state index in [1.54, 1.807) is 37.4 Å². The second kappa shape index (κ2) is 6.74. The van der Waals surface area contributed by atoms with Gasteiger partial charge in [-0.05, 0) is 17.7 Å². The molecule has 5 nitrogen and oxygen atoms in total. The lowest BCUT2D eigenvalue weighted by molar-refractivity contribution is -0.162. The molecule has 112 valence electrons. The summed E-state index contributed by atoms with van der Waals surface area (Å²) in [6.45, 7) is 3.80. The maximum atomic E-state index is 12.2. The van der Waals surface area contributed by atoms with Crippen molar-refractivity contribution in [1.29, 1.82) is 0 Å². The molecule has 1 aliphatic heterocycles. The maximum absolute atomic E-state index is 12.2. The number of hydrogen-bond acceptors (Lipinski definition) is 3. The fraction of sp³-hybridized carbons (Fsp3) is 0.333. The van der Waals surface area contributed by atoms with Crippen LogP contribution in [0.4, 0.5) is 0 Å². The molecule has 1 aromatic rings. The van der Waals surface area contributed by atoms with Gasteiger partial charge >= 0.3 is 0 Å². The summed E-state index contributed by atoms with van der Waals surface area (Å²) in [5.41, 5.74) is 0.800. The Labute approximate surface area is 128 Å². The smallest absolute Gasteiger partial charge is 0.251 e. The predicted octanol–water partition coefficient (Wildman–Crippen LogP) is 1.54. The van der Waals surface area contributed by atoms with E-state index in [4.69, 9.17) is 16.3 Å². The number of halogens is 1. The number of ether oxygens (including phenoxy) is 1. The number of amides is 2. The van der Waals surface area contributed by atoms with E-state index in [-0.39, 0.29) is 18.4 Å². The minimum atomic E-state index is -0.756. The number of benzene rings is 1. The van der Waals surface area contributed by atoms with Gasteiger partial charge in [-0.15, -0.1) is 6.58 Å². The van der Waals surface area contributed by atoms with Crippen molar-refractivity contribution in [2.24, 2.45) is 0 Å². The first-order valence-electron chi connectivity index (χ1n) is 6.56. The highest BCUT2D eigenvalue weighted by molar-refractivity contribution is 6.30. The molecule has 0 aliphatic carbocycles. The summed E-state index contributed by atoms with van der Waals surface area (Å²) in [4.78, 5) is 25.6. The molecule has 1 N–H and O–H groups in total. The van der Waals surface area contributed by atoms with E-state index in [1.807, 2.05) is 0 Å². The van der Waals surface area contributed by atoms with Crippen LogP contribution in [0.5, 0.6) is 0 Å². The average Bonchev–Trinajstić information content (AvgIpc) is 2.48. The Kier molecular flexibility index (Phi) is 4.98. The second-order valence-corrected chi connectivity index (χ2v) is 5.20. The summed E-state index contributed by atoms with van der Waals surface area (Å²) in [5.74, 6) is -0.433. The number of nitrogens with zero attached hydrogens (tertiary/aromatic N) is 1. The van der Waals surface area contributed by atoms with Crippen molar-refractivity contribution in [2.45, 2.75) is 12.1 Å². The van der Waals surface area contributed by atoms with Crippen LogP contribution in [-0.2, 0) is 14.3 Å². The molecule has 1 heterocycles. The van der Waals surface area contributed by atoms with Gasteiger partial charge in [0.25, 0.3) is 5.91 Å². The van der Waals surface area contributed by atoms with Crippen molar-refractivity contribution in [2.75, 3.05) is 20.2 Å². The third-order valence-electron chi connectivity index (χ3n) is 3.37. The minimum absolute atomic E-state index is 0.104. The highest BCUT2D eigenvalue weighted by Gasteiger charge is 2.39. The number of rotatable bonds is 4. The van der Waals surface area contributed by atoms with Crippen LogP contribution in [-0.4, -0.2) is 43.0 Å². The van der Waals surface area contributed by atoms with Crippen LogP contribution in [0.1, 0.15) is 11.6 Å². The van der Waals surface area contributed by atoms with Crippen LogP contribution >= 0.6 is 11.6 Å². The molecule has 2 amide bonds. The third kappa shape index (κ3) is 3.43. The van der Waals surface area contributed by atoms with Crippen LogP contribution < -0.4 is 5.32 Å². The lowest BCUT2D eigenvalue weighted by Crippen LogP contribution is -2.53. The zero-order valence-electron chi connectivity index (χ0n) is 11.7. The highest BCUT2D eigenvalue weighted by atomic mass is 35.5. The summed E-state index contributed by atoms with van der Waals surface area (Å²) in [6.07, 6.45) is 0.834. The molecule has 6 heteroatoms. The Hall–Kier alpha value is -1.85. The second-order valence-electron chi connectivity index (χ2n) is 4.77. The Morgan fingerprint density at radius 1 is 1.52 bits per heavy atom. The zero-order chi connectivity index (χ0) is 15.4. The number of morpholine rings is 1. The molecule has 21 heavy (non-hydrogen) atoms. The van der Waals surface area contributed by atoms with E-state index in [0.717, 1.165) is 5.56 Å². The van der Waals surface area contributed by atoms with Crippen LogP contribution in [0.3, 0.4) is 0 Å². The number of hydrogen-bond donors (Lipinski definition) is 1. The van der Waals surface area contributed by atoms with E-state index in [1.165, 1.54) is 4.90 Å². The van der Waals surface area contributed by atoms with Crippen molar-refractivity contribution in [3.8, 4) is 0 Å². The summed E-state index contributed by atoms with van der Waals surface area (Å²) >= 11 is 5.88. The van der Waals surface area contributed by atoms with Crippen molar-refractivity contribution < 1.29 is 14.3 Å². The van der Waals surface area contributed by atoms with Crippen LogP contribution in [0.2, 0.25) is 5.02 Å². The molecule has 0 spiro atoms. The molecule has 0 saturated carbocycles. The standard InChI is InChI=1S/C15H17ClN2O3/c1-3-8-17-15(20)14-13(18(2)12(19)9-21-14)10-4-6-11(16)7-5-10/h3-7,13-14H,1,8-9H2,2H3,(H,17,20)/t13-,14-/m0/s1. The van der Waals surface area contributed by atoms with E-state index in [2.05, 4.69) is 11.9 Å². The SMILES string of the molecule is C=CCNC(=O)[C@H]1OCC(=O)N(C)[C@H]1c1ccc(Cl)cc1. The number of carbonyl (C=O) groups is 2. The van der Waals surface area contributed by atoms with Crippen molar-refractivity contribution in [3.05, 3.63) is 47.5 Å². The van der Waals surface area contributed by atoms with Crippen LogP contribution in [0.25, 0.3) is 0 Å². The minimum Gasteiger partial charge on any atom is -0.356 e. The first-order valence-corrected chi connectivity index (χ1v) is 6.93. The molecule has 0 unspecified atom stereocenters. The lowest BCUT2D eigenvalue weighted by Gasteiger charge is -2.38. The molecule has 2 atom stereocenters. The monoisotopic (exact) mass is 308 g/mol. The van der Waals surface area contributed by atoms with Crippen LogP contribution in [0.15, 0.2) is 36.9 Å². The van der Waals surface area contributed by atoms with Gasteiger partial charge in [-0.25, -0.2) is 0 Å². The Morgan fingerprint density at radius 3 is 2.81 bits per heavy atom. The Balaban J connectivity index is 2.28. The molecule has 0 bridgehead atoms. The molecular weight excluding hydrogens is 292 g/mol. The Bertz CT molecular complexity index is 544. The summed E-state index contributed by atoms with van der Waals surface area (Å²) in [7, 11) is 1.66. The number of carbonyl (C=O) groups excluding carboxylic acids is 2. The van der Waals surface area contributed by atoms with Gasteiger partial charge < -0.3 is 15.0 Å². The fourth-order valence-electron chi connectivity index (χ4n) is 2.26. The quantitative estimate of drug-likeness (QED) is 0.858. The van der Waals surface area contributed by atoms with Crippen molar-refractivity contribution in [3.63, 3.8) is 0 Å². The largest absolute Gasteiger partial charge is 0.356 e.